The van der Waals surface area contributed by atoms with Crippen LogP contribution in [0.25, 0.3) is 0 Å². The number of nitrogens with one attached hydrogen (secondary N) is 1. The minimum Gasteiger partial charge on any atom is -0.493 e. The topological polar surface area (TPSA) is 73.6 Å². The first-order chi connectivity index (χ1) is 11.0. The fraction of sp³-hybridized carbons (Fsp3) is 0.588. The second-order valence-electron chi connectivity index (χ2n) is 6.18. The van der Waals surface area contributed by atoms with E-state index in [-0.39, 0.29) is 11.3 Å². The van der Waals surface area contributed by atoms with Crippen molar-refractivity contribution >= 4 is 27.5 Å². The first-order valence-corrected chi connectivity index (χ1v) is 8.74. The molecule has 1 aliphatic carbocycles. The molecule has 23 heavy (non-hydrogen) atoms. The van der Waals surface area contributed by atoms with Crippen LogP contribution in [0.2, 0.25) is 0 Å². The summed E-state index contributed by atoms with van der Waals surface area (Å²) in [6, 6.07) is 3.55. The summed E-state index contributed by atoms with van der Waals surface area (Å²) in [5.41, 5.74) is 6.59. The number of carbonyl (C=O) groups excluding carboxylic acids is 1. The molecule has 0 unspecified atom stereocenters. The maximum Gasteiger partial charge on any atom is 0.225 e. The van der Waals surface area contributed by atoms with Gasteiger partial charge in [0.05, 0.1) is 19.9 Å². The van der Waals surface area contributed by atoms with Crippen molar-refractivity contribution < 1.29 is 14.3 Å². The number of methoxy groups -OCH3 is 2. The molecule has 0 aromatic heterocycles. The zero-order valence-electron chi connectivity index (χ0n) is 13.8. The SMILES string of the molecule is COc1cc(Br)c(NC(=O)CC2(CN)CCCCC2)cc1OC. The van der Waals surface area contributed by atoms with Crippen LogP contribution in [0.5, 0.6) is 11.5 Å². The van der Waals surface area contributed by atoms with Crippen molar-refractivity contribution in [1.82, 2.24) is 0 Å². The largest absolute Gasteiger partial charge is 0.493 e. The second-order valence-corrected chi connectivity index (χ2v) is 7.03. The Balaban J connectivity index is 2.10. The number of anilines is 1. The lowest BCUT2D eigenvalue weighted by molar-refractivity contribution is -0.118. The summed E-state index contributed by atoms with van der Waals surface area (Å²) >= 11 is 3.46. The van der Waals surface area contributed by atoms with E-state index in [1.54, 1.807) is 26.4 Å². The Hall–Kier alpha value is -1.27. The predicted octanol–water partition coefficient (Wildman–Crippen LogP) is 3.70. The Bertz CT molecular complexity index is 557. The molecule has 0 saturated heterocycles. The van der Waals surface area contributed by atoms with Gasteiger partial charge in [-0.2, -0.15) is 0 Å². The van der Waals surface area contributed by atoms with E-state index in [2.05, 4.69) is 21.2 Å². The Morgan fingerprint density at radius 1 is 1.22 bits per heavy atom. The van der Waals surface area contributed by atoms with Crippen LogP contribution in [-0.4, -0.2) is 26.7 Å². The average molecular weight is 385 g/mol. The molecule has 1 aromatic rings. The lowest BCUT2D eigenvalue weighted by Gasteiger charge is -2.35. The number of carbonyl (C=O) groups is 1. The van der Waals surface area contributed by atoms with Gasteiger partial charge < -0.3 is 20.5 Å². The highest BCUT2D eigenvalue weighted by Crippen LogP contribution is 2.40. The van der Waals surface area contributed by atoms with Crippen molar-refractivity contribution in [1.29, 1.82) is 0 Å². The van der Waals surface area contributed by atoms with Gasteiger partial charge in [0.1, 0.15) is 0 Å². The molecular weight excluding hydrogens is 360 g/mol. The van der Waals surface area contributed by atoms with Crippen LogP contribution in [0.15, 0.2) is 16.6 Å². The summed E-state index contributed by atoms with van der Waals surface area (Å²) in [5, 5.41) is 2.97. The summed E-state index contributed by atoms with van der Waals surface area (Å²) < 4.78 is 11.3. The van der Waals surface area contributed by atoms with Crippen LogP contribution in [-0.2, 0) is 4.79 Å². The van der Waals surface area contributed by atoms with Crippen LogP contribution >= 0.6 is 15.9 Å². The van der Waals surface area contributed by atoms with Crippen LogP contribution < -0.4 is 20.5 Å². The molecule has 1 amide bonds. The molecule has 2 rings (SSSR count). The smallest absolute Gasteiger partial charge is 0.225 e. The summed E-state index contributed by atoms with van der Waals surface area (Å²) in [7, 11) is 3.15. The third-order valence-corrected chi connectivity index (χ3v) is 5.29. The summed E-state index contributed by atoms with van der Waals surface area (Å²) in [4.78, 5) is 12.5. The molecule has 1 fully saturated rings. The summed E-state index contributed by atoms with van der Waals surface area (Å²) in [6.45, 7) is 0.563. The zero-order chi connectivity index (χ0) is 16.9. The number of benzene rings is 1. The first kappa shape index (κ1) is 18.1. The number of halogens is 1. The van der Waals surface area contributed by atoms with E-state index < -0.39 is 0 Å². The van der Waals surface area contributed by atoms with Crippen molar-refractivity contribution in [3.8, 4) is 11.5 Å². The fourth-order valence-corrected chi connectivity index (χ4v) is 3.66. The normalized spacial score (nSPS) is 16.7. The second kappa shape index (κ2) is 8.02. The van der Waals surface area contributed by atoms with E-state index in [0.29, 0.717) is 30.2 Å². The molecule has 3 N–H and O–H groups in total. The van der Waals surface area contributed by atoms with Crippen LogP contribution in [0.4, 0.5) is 5.69 Å². The molecule has 0 spiro atoms. The molecule has 1 aromatic carbocycles. The number of hydrogen-bond acceptors (Lipinski definition) is 4. The molecule has 0 aliphatic heterocycles. The Labute approximate surface area is 146 Å². The highest BCUT2D eigenvalue weighted by atomic mass is 79.9. The van der Waals surface area contributed by atoms with Gasteiger partial charge in [-0.25, -0.2) is 0 Å². The van der Waals surface area contributed by atoms with Gasteiger partial charge in [-0.15, -0.1) is 0 Å². The van der Waals surface area contributed by atoms with Gasteiger partial charge >= 0.3 is 0 Å². The van der Waals surface area contributed by atoms with Gasteiger partial charge in [0, 0.05) is 23.0 Å². The number of nitrogens with two attached hydrogens (primary N) is 1. The van der Waals surface area contributed by atoms with Crippen molar-refractivity contribution in [2.24, 2.45) is 11.1 Å². The third kappa shape index (κ3) is 4.38. The van der Waals surface area contributed by atoms with E-state index in [0.717, 1.165) is 30.2 Å². The molecule has 0 atom stereocenters. The number of hydrogen-bond donors (Lipinski definition) is 2. The first-order valence-electron chi connectivity index (χ1n) is 7.95. The van der Waals surface area contributed by atoms with Gasteiger partial charge in [0.15, 0.2) is 11.5 Å². The molecular formula is C17H25BrN2O3. The quantitative estimate of drug-likeness (QED) is 0.783. The highest BCUT2D eigenvalue weighted by Gasteiger charge is 2.33. The fourth-order valence-electron chi connectivity index (χ4n) is 3.24. The summed E-state index contributed by atoms with van der Waals surface area (Å²) in [5.74, 6) is 1.19. The lowest BCUT2D eigenvalue weighted by Crippen LogP contribution is -2.36. The molecule has 6 heteroatoms. The molecule has 1 aliphatic rings. The minimum absolute atomic E-state index is 0.00901. The summed E-state index contributed by atoms with van der Waals surface area (Å²) in [6.07, 6.45) is 6.08. The monoisotopic (exact) mass is 384 g/mol. The van der Waals surface area contributed by atoms with Gasteiger partial charge in [-0.3, -0.25) is 4.79 Å². The van der Waals surface area contributed by atoms with Crippen LogP contribution in [0.3, 0.4) is 0 Å². The van der Waals surface area contributed by atoms with E-state index in [1.165, 1.54) is 6.42 Å². The van der Waals surface area contributed by atoms with Gasteiger partial charge in [0.2, 0.25) is 5.91 Å². The van der Waals surface area contributed by atoms with E-state index in [1.807, 2.05) is 0 Å². The van der Waals surface area contributed by atoms with Crippen molar-refractivity contribution in [3.05, 3.63) is 16.6 Å². The molecule has 5 nitrogen and oxygen atoms in total. The Kier molecular flexibility index (Phi) is 6.30. The van der Waals surface area contributed by atoms with Crippen molar-refractivity contribution in [2.45, 2.75) is 38.5 Å². The van der Waals surface area contributed by atoms with Crippen LogP contribution in [0.1, 0.15) is 38.5 Å². The molecule has 0 heterocycles. The predicted molar refractivity (Wildman–Crippen MR) is 95.1 cm³/mol. The highest BCUT2D eigenvalue weighted by molar-refractivity contribution is 9.10. The molecule has 0 radical (unpaired) electrons. The molecule has 128 valence electrons. The third-order valence-electron chi connectivity index (χ3n) is 4.63. The van der Waals surface area contributed by atoms with Gasteiger partial charge in [0.25, 0.3) is 0 Å². The van der Waals surface area contributed by atoms with E-state index in [4.69, 9.17) is 15.2 Å². The molecule has 0 bridgehead atoms. The number of rotatable bonds is 6. The number of amides is 1. The van der Waals surface area contributed by atoms with E-state index in [9.17, 15) is 4.79 Å². The minimum atomic E-state index is -0.0502. The van der Waals surface area contributed by atoms with Crippen LogP contribution in [0, 0.1) is 5.41 Å². The standard InChI is InChI=1S/C17H25BrN2O3/c1-22-14-8-12(18)13(9-15(14)23-2)20-16(21)10-17(11-19)6-4-3-5-7-17/h8-9H,3-7,10-11,19H2,1-2H3,(H,20,21). The Morgan fingerprint density at radius 3 is 2.39 bits per heavy atom. The maximum atomic E-state index is 12.5. The van der Waals surface area contributed by atoms with Gasteiger partial charge in [-0.05, 0) is 40.7 Å². The Morgan fingerprint density at radius 2 is 1.83 bits per heavy atom. The van der Waals surface area contributed by atoms with Gasteiger partial charge in [-0.1, -0.05) is 19.3 Å². The maximum absolute atomic E-state index is 12.5. The van der Waals surface area contributed by atoms with E-state index >= 15 is 0 Å². The average Bonchev–Trinajstić information content (AvgIpc) is 2.57. The zero-order valence-corrected chi connectivity index (χ0v) is 15.4. The molecule has 1 saturated carbocycles. The lowest BCUT2D eigenvalue weighted by atomic mass is 9.71. The van der Waals surface area contributed by atoms with Crippen molar-refractivity contribution in [2.75, 3.05) is 26.1 Å². The van der Waals surface area contributed by atoms with Crippen molar-refractivity contribution in [3.63, 3.8) is 0 Å². The number of ether oxygens (including phenoxy) is 2.